The van der Waals surface area contributed by atoms with Crippen LogP contribution in [0.1, 0.15) is 21.5 Å². The number of nitriles is 1. The standard InChI is InChI=1S/C24H18N2O4/c25-15-20(23(27)26-21-4-2-1-3-5-21)14-17-8-12-22(13-9-17)30-16-18-6-10-19(11-7-18)24(28)29/h1-14H,16H2,(H,26,27)(H,28,29)/p-1/b20-14-. The molecule has 0 spiro atoms. The Bertz CT molecular complexity index is 1100. The van der Waals surface area contributed by atoms with Crippen molar-refractivity contribution in [3.8, 4) is 11.8 Å². The fraction of sp³-hybridized carbons (Fsp3) is 0.0417. The number of carbonyl (C=O) groups is 2. The molecule has 0 bridgehead atoms. The highest BCUT2D eigenvalue weighted by molar-refractivity contribution is 6.09. The van der Waals surface area contributed by atoms with Gasteiger partial charge in [0.05, 0.1) is 5.97 Å². The highest BCUT2D eigenvalue weighted by Crippen LogP contribution is 2.17. The topological polar surface area (TPSA) is 102 Å². The third-order valence-corrected chi connectivity index (χ3v) is 4.18. The molecule has 3 aromatic carbocycles. The normalized spacial score (nSPS) is 10.7. The smallest absolute Gasteiger partial charge is 0.266 e. The van der Waals surface area contributed by atoms with Gasteiger partial charge in [0, 0.05) is 5.69 Å². The average Bonchev–Trinajstić information content (AvgIpc) is 2.77. The second-order valence-electron chi connectivity index (χ2n) is 6.33. The van der Waals surface area contributed by atoms with Crippen LogP contribution in [0.4, 0.5) is 5.69 Å². The number of amides is 1. The Morgan fingerprint density at radius 1 is 0.967 bits per heavy atom. The summed E-state index contributed by atoms with van der Waals surface area (Å²) >= 11 is 0. The van der Waals surface area contributed by atoms with Gasteiger partial charge in [0.15, 0.2) is 0 Å². The van der Waals surface area contributed by atoms with E-state index in [-0.39, 0.29) is 17.7 Å². The van der Waals surface area contributed by atoms with Gasteiger partial charge in [-0.2, -0.15) is 5.26 Å². The van der Waals surface area contributed by atoms with Crippen molar-refractivity contribution in [1.82, 2.24) is 0 Å². The molecule has 148 valence electrons. The first-order valence-corrected chi connectivity index (χ1v) is 9.06. The number of carboxylic acids is 1. The second kappa shape index (κ2) is 9.71. The molecule has 0 atom stereocenters. The monoisotopic (exact) mass is 397 g/mol. The minimum atomic E-state index is -1.22. The van der Waals surface area contributed by atoms with E-state index >= 15 is 0 Å². The van der Waals surface area contributed by atoms with E-state index in [2.05, 4.69) is 5.32 Å². The molecule has 0 aliphatic carbocycles. The Morgan fingerprint density at radius 3 is 2.23 bits per heavy atom. The van der Waals surface area contributed by atoms with E-state index < -0.39 is 11.9 Å². The molecule has 3 aromatic rings. The van der Waals surface area contributed by atoms with Crippen LogP contribution in [0.5, 0.6) is 5.75 Å². The predicted octanol–water partition coefficient (Wildman–Crippen LogP) is 3.17. The quantitative estimate of drug-likeness (QED) is 0.487. The van der Waals surface area contributed by atoms with Crippen LogP contribution in [0.25, 0.3) is 6.08 Å². The number of ether oxygens (including phenoxy) is 1. The van der Waals surface area contributed by atoms with Crippen LogP contribution in [0, 0.1) is 11.3 Å². The minimum absolute atomic E-state index is 0.0134. The Morgan fingerprint density at radius 2 is 1.63 bits per heavy atom. The van der Waals surface area contributed by atoms with Crippen LogP contribution in [0.2, 0.25) is 0 Å². The molecule has 1 N–H and O–H groups in total. The molecule has 0 heterocycles. The SMILES string of the molecule is N#C/C(=C/c1ccc(OCc2ccc(C(=O)[O-])cc2)cc1)C(=O)Nc1ccccc1. The maximum absolute atomic E-state index is 12.3. The summed E-state index contributed by atoms with van der Waals surface area (Å²) in [6, 6.07) is 24.0. The number of nitrogens with one attached hydrogen (secondary N) is 1. The lowest BCUT2D eigenvalue weighted by molar-refractivity contribution is -0.255. The van der Waals surface area contributed by atoms with E-state index in [4.69, 9.17) is 4.74 Å². The zero-order valence-electron chi connectivity index (χ0n) is 15.9. The summed E-state index contributed by atoms with van der Waals surface area (Å²) in [5, 5.41) is 22.8. The first-order chi connectivity index (χ1) is 14.5. The van der Waals surface area contributed by atoms with Crippen molar-refractivity contribution in [2.24, 2.45) is 0 Å². The van der Waals surface area contributed by atoms with Gasteiger partial charge in [-0.05, 0) is 47.0 Å². The van der Waals surface area contributed by atoms with Crippen molar-refractivity contribution in [2.45, 2.75) is 6.61 Å². The first-order valence-electron chi connectivity index (χ1n) is 9.06. The van der Waals surface area contributed by atoms with Gasteiger partial charge in [0.1, 0.15) is 24.0 Å². The van der Waals surface area contributed by atoms with Gasteiger partial charge in [-0.15, -0.1) is 0 Å². The highest BCUT2D eigenvalue weighted by Gasteiger charge is 2.09. The number of benzene rings is 3. The van der Waals surface area contributed by atoms with Crippen molar-refractivity contribution in [3.05, 3.63) is 101 Å². The van der Waals surface area contributed by atoms with Gasteiger partial charge < -0.3 is 20.0 Å². The van der Waals surface area contributed by atoms with Crippen LogP contribution in [0.3, 0.4) is 0 Å². The second-order valence-corrected chi connectivity index (χ2v) is 6.33. The third-order valence-electron chi connectivity index (χ3n) is 4.18. The largest absolute Gasteiger partial charge is 0.545 e. The Kier molecular flexibility index (Phi) is 6.59. The lowest BCUT2D eigenvalue weighted by Gasteiger charge is -2.08. The molecule has 3 rings (SSSR count). The molecule has 0 fully saturated rings. The number of nitrogens with zero attached hydrogens (tertiary/aromatic N) is 1. The van der Waals surface area contributed by atoms with Crippen molar-refractivity contribution in [1.29, 1.82) is 5.26 Å². The van der Waals surface area contributed by atoms with E-state index in [0.29, 0.717) is 17.0 Å². The number of carboxylic acid groups (broad SMARTS) is 1. The summed E-state index contributed by atoms with van der Waals surface area (Å²) < 4.78 is 5.68. The molecule has 1 amide bonds. The van der Waals surface area contributed by atoms with Crippen LogP contribution in [-0.4, -0.2) is 11.9 Å². The Hall–Kier alpha value is -4.37. The molecule has 0 aromatic heterocycles. The van der Waals surface area contributed by atoms with Gasteiger partial charge in [-0.1, -0.05) is 54.6 Å². The van der Waals surface area contributed by atoms with Crippen LogP contribution in [-0.2, 0) is 11.4 Å². The molecular formula is C24H17N2O4-. The number of aromatic carboxylic acids is 1. The van der Waals surface area contributed by atoms with Gasteiger partial charge in [-0.3, -0.25) is 4.79 Å². The number of hydrogen-bond donors (Lipinski definition) is 1. The Labute approximate surface area is 173 Å². The molecule has 6 nitrogen and oxygen atoms in total. The average molecular weight is 397 g/mol. The molecule has 0 unspecified atom stereocenters. The van der Waals surface area contributed by atoms with Crippen molar-refractivity contribution in [3.63, 3.8) is 0 Å². The fourth-order valence-corrected chi connectivity index (χ4v) is 2.60. The van der Waals surface area contributed by atoms with E-state index in [1.54, 1.807) is 60.7 Å². The highest BCUT2D eigenvalue weighted by atomic mass is 16.5. The Balaban J connectivity index is 1.61. The molecule has 0 aliphatic heterocycles. The van der Waals surface area contributed by atoms with Crippen LogP contribution >= 0.6 is 0 Å². The van der Waals surface area contributed by atoms with Crippen LogP contribution < -0.4 is 15.2 Å². The maximum Gasteiger partial charge on any atom is 0.266 e. The van der Waals surface area contributed by atoms with Crippen LogP contribution in [0.15, 0.2) is 84.4 Å². The van der Waals surface area contributed by atoms with Gasteiger partial charge in [-0.25, -0.2) is 0 Å². The molecule has 0 saturated carbocycles. The molecule has 0 radical (unpaired) electrons. The van der Waals surface area contributed by atoms with Gasteiger partial charge >= 0.3 is 0 Å². The number of hydrogen-bond acceptors (Lipinski definition) is 5. The van der Waals surface area contributed by atoms with E-state index in [0.717, 1.165) is 5.56 Å². The lowest BCUT2D eigenvalue weighted by atomic mass is 10.1. The maximum atomic E-state index is 12.3. The molecule has 30 heavy (non-hydrogen) atoms. The minimum Gasteiger partial charge on any atom is -0.545 e. The number of para-hydroxylation sites is 1. The number of carbonyl (C=O) groups excluding carboxylic acids is 2. The molecule has 0 saturated heterocycles. The number of anilines is 1. The first kappa shape index (κ1) is 20.4. The summed E-state index contributed by atoms with van der Waals surface area (Å²) in [6.45, 7) is 0.269. The summed E-state index contributed by atoms with van der Waals surface area (Å²) in [7, 11) is 0. The predicted molar refractivity (Wildman–Crippen MR) is 110 cm³/mol. The van der Waals surface area contributed by atoms with Crippen molar-refractivity contribution >= 4 is 23.6 Å². The van der Waals surface area contributed by atoms with Crippen molar-refractivity contribution < 1.29 is 19.4 Å². The van der Waals surface area contributed by atoms with E-state index in [9.17, 15) is 20.0 Å². The molecule has 0 aliphatic rings. The van der Waals surface area contributed by atoms with E-state index in [1.165, 1.54) is 18.2 Å². The molecule has 6 heteroatoms. The van der Waals surface area contributed by atoms with Gasteiger partial charge in [0.2, 0.25) is 0 Å². The zero-order valence-corrected chi connectivity index (χ0v) is 15.9. The van der Waals surface area contributed by atoms with Gasteiger partial charge in [0.25, 0.3) is 5.91 Å². The van der Waals surface area contributed by atoms with E-state index in [1.807, 2.05) is 12.1 Å². The summed E-state index contributed by atoms with van der Waals surface area (Å²) in [6.07, 6.45) is 1.50. The number of rotatable bonds is 7. The molecular weight excluding hydrogens is 380 g/mol. The third kappa shape index (κ3) is 5.57. The summed E-state index contributed by atoms with van der Waals surface area (Å²) in [5.41, 5.74) is 2.20. The van der Waals surface area contributed by atoms with Crippen molar-refractivity contribution in [2.75, 3.05) is 5.32 Å². The zero-order chi connectivity index (χ0) is 21.3. The summed E-state index contributed by atoms with van der Waals surface area (Å²) in [5.74, 6) is -1.10. The fourth-order valence-electron chi connectivity index (χ4n) is 2.60. The summed E-state index contributed by atoms with van der Waals surface area (Å²) in [4.78, 5) is 23.0. The lowest BCUT2D eigenvalue weighted by Crippen LogP contribution is -2.22.